The summed E-state index contributed by atoms with van der Waals surface area (Å²) in [6, 6.07) is 13.6. The van der Waals surface area contributed by atoms with Gasteiger partial charge in [0.1, 0.15) is 5.82 Å². The molecule has 2 aromatic carbocycles. The summed E-state index contributed by atoms with van der Waals surface area (Å²) >= 11 is 0. The van der Waals surface area contributed by atoms with Crippen LogP contribution in [-0.4, -0.2) is 29.6 Å². The molecule has 0 spiro atoms. The van der Waals surface area contributed by atoms with E-state index in [2.05, 4.69) is 54.8 Å². The largest absolute Gasteiger partial charge is 0.320 e. The number of nitrogens with zero attached hydrogens (tertiary/aromatic N) is 2. The van der Waals surface area contributed by atoms with Gasteiger partial charge in [-0.05, 0) is 67.8 Å². The highest BCUT2D eigenvalue weighted by atomic mass is 19.1. The predicted molar refractivity (Wildman–Crippen MR) is 112 cm³/mol. The van der Waals surface area contributed by atoms with Gasteiger partial charge >= 0.3 is 0 Å². The summed E-state index contributed by atoms with van der Waals surface area (Å²) in [5.74, 6) is -0.187. The fourth-order valence-corrected chi connectivity index (χ4v) is 4.15. The van der Waals surface area contributed by atoms with Crippen molar-refractivity contribution in [3.8, 4) is 0 Å². The van der Waals surface area contributed by atoms with Crippen molar-refractivity contribution in [3.63, 3.8) is 0 Å². The van der Waals surface area contributed by atoms with Crippen LogP contribution in [0, 0.1) is 12.7 Å². The van der Waals surface area contributed by atoms with Gasteiger partial charge in [-0.2, -0.15) is 0 Å². The van der Waals surface area contributed by atoms with E-state index in [-0.39, 0.29) is 5.82 Å². The number of rotatable bonds is 3. The second-order valence-electron chi connectivity index (χ2n) is 7.63. The van der Waals surface area contributed by atoms with E-state index in [1.807, 2.05) is 12.1 Å². The zero-order chi connectivity index (χ0) is 19.0. The molecule has 2 nitrogen and oxygen atoms in total. The van der Waals surface area contributed by atoms with Crippen molar-refractivity contribution in [1.82, 2.24) is 9.47 Å². The van der Waals surface area contributed by atoms with Gasteiger partial charge < -0.3 is 9.47 Å². The van der Waals surface area contributed by atoms with Gasteiger partial charge in [0.2, 0.25) is 0 Å². The first-order chi connectivity index (χ1) is 13.1. The van der Waals surface area contributed by atoms with Gasteiger partial charge in [-0.1, -0.05) is 30.7 Å². The van der Waals surface area contributed by atoms with Crippen LogP contribution in [0.3, 0.4) is 0 Å². The molecule has 27 heavy (non-hydrogen) atoms. The fourth-order valence-electron chi connectivity index (χ4n) is 4.15. The highest BCUT2D eigenvalue weighted by Crippen LogP contribution is 2.32. The lowest BCUT2D eigenvalue weighted by molar-refractivity contribution is 0.351. The lowest BCUT2D eigenvalue weighted by atomic mass is 10.0. The van der Waals surface area contributed by atoms with Gasteiger partial charge in [0, 0.05) is 36.8 Å². The standard InChI is InChI=1S/C24H27FN2/c1-4-18(19-6-8-20(25)9-7-19)16-27-23-10-5-17(2)15-22(23)21-11-13-26(3)14-12-24(21)27/h5-10,15-16H,4,11-14H2,1-3H3/b18-16+. The van der Waals surface area contributed by atoms with Crippen LogP contribution in [0.2, 0.25) is 0 Å². The smallest absolute Gasteiger partial charge is 0.123 e. The number of aromatic nitrogens is 1. The molecule has 3 aromatic rings. The van der Waals surface area contributed by atoms with E-state index in [1.165, 1.54) is 33.3 Å². The Morgan fingerprint density at radius 2 is 1.81 bits per heavy atom. The van der Waals surface area contributed by atoms with E-state index >= 15 is 0 Å². The molecular formula is C24H27FN2. The van der Waals surface area contributed by atoms with E-state index < -0.39 is 0 Å². The summed E-state index contributed by atoms with van der Waals surface area (Å²) in [7, 11) is 2.20. The minimum atomic E-state index is -0.187. The molecular weight excluding hydrogens is 335 g/mol. The molecule has 0 atom stereocenters. The van der Waals surface area contributed by atoms with Gasteiger partial charge in [0.25, 0.3) is 0 Å². The maximum atomic E-state index is 13.4. The molecule has 3 heteroatoms. The summed E-state index contributed by atoms with van der Waals surface area (Å²) in [6.07, 6.45) is 5.32. The van der Waals surface area contributed by atoms with Crippen LogP contribution in [-0.2, 0) is 12.8 Å². The second kappa shape index (κ2) is 7.32. The molecule has 0 aliphatic carbocycles. The Morgan fingerprint density at radius 3 is 2.56 bits per heavy atom. The van der Waals surface area contributed by atoms with E-state index in [0.29, 0.717) is 0 Å². The van der Waals surface area contributed by atoms with E-state index in [4.69, 9.17) is 0 Å². The van der Waals surface area contributed by atoms with Crippen LogP contribution in [0.15, 0.2) is 42.5 Å². The van der Waals surface area contributed by atoms with Crippen LogP contribution in [0.4, 0.5) is 4.39 Å². The van der Waals surface area contributed by atoms with Crippen LogP contribution >= 0.6 is 0 Å². The van der Waals surface area contributed by atoms with Gasteiger partial charge in [0.05, 0.1) is 5.52 Å². The van der Waals surface area contributed by atoms with Gasteiger partial charge in [-0.15, -0.1) is 0 Å². The molecule has 140 valence electrons. The van der Waals surface area contributed by atoms with E-state index in [9.17, 15) is 4.39 Å². The quantitative estimate of drug-likeness (QED) is 0.595. The van der Waals surface area contributed by atoms with E-state index in [1.54, 1.807) is 12.1 Å². The third-order valence-electron chi connectivity index (χ3n) is 5.73. The third kappa shape index (κ3) is 3.44. The molecule has 0 N–H and O–H groups in total. The highest BCUT2D eigenvalue weighted by Gasteiger charge is 2.20. The first kappa shape index (κ1) is 18.0. The molecule has 0 saturated heterocycles. The molecule has 1 aliphatic rings. The number of hydrogen-bond donors (Lipinski definition) is 0. The number of likely N-dealkylation sites (N-methyl/N-ethyl adjacent to an activating group) is 1. The molecule has 0 unspecified atom stereocenters. The number of aryl methyl sites for hydroxylation is 1. The van der Waals surface area contributed by atoms with Crippen molar-refractivity contribution < 1.29 is 4.39 Å². The van der Waals surface area contributed by atoms with Gasteiger partial charge in [0.15, 0.2) is 0 Å². The van der Waals surface area contributed by atoms with Crippen LogP contribution < -0.4 is 0 Å². The number of hydrogen-bond acceptors (Lipinski definition) is 1. The fraction of sp³-hybridized carbons (Fsp3) is 0.333. The van der Waals surface area contributed by atoms with Crippen LogP contribution in [0.5, 0.6) is 0 Å². The normalized spacial score (nSPS) is 15.8. The van der Waals surface area contributed by atoms with Gasteiger partial charge in [-0.3, -0.25) is 0 Å². The molecule has 4 rings (SSSR count). The molecule has 1 aliphatic heterocycles. The summed E-state index contributed by atoms with van der Waals surface area (Å²) in [6.45, 7) is 6.51. The SMILES string of the molecule is CC/C(=C\n1c2c(c3cc(C)ccc31)CCN(C)CC2)c1ccc(F)cc1. The van der Waals surface area contributed by atoms with Crippen molar-refractivity contribution in [2.75, 3.05) is 20.1 Å². The highest BCUT2D eigenvalue weighted by molar-refractivity contribution is 5.90. The first-order valence-corrected chi connectivity index (χ1v) is 9.84. The monoisotopic (exact) mass is 362 g/mol. The van der Waals surface area contributed by atoms with Gasteiger partial charge in [-0.25, -0.2) is 4.39 Å². The maximum Gasteiger partial charge on any atom is 0.123 e. The van der Waals surface area contributed by atoms with E-state index in [0.717, 1.165) is 37.9 Å². The molecule has 0 saturated carbocycles. The summed E-state index contributed by atoms with van der Waals surface area (Å²) in [5, 5.41) is 1.38. The second-order valence-corrected chi connectivity index (χ2v) is 7.63. The minimum absolute atomic E-state index is 0.187. The lowest BCUT2D eigenvalue weighted by Gasteiger charge is -2.13. The molecule has 0 amide bonds. The third-order valence-corrected chi connectivity index (χ3v) is 5.73. The number of fused-ring (bicyclic) bond motifs is 3. The topological polar surface area (TPSA) is 8.17 Å². The minimum Gasteiger partial charge on any atom is -0.320 e. The summed E-state index contributed by atoms with van der Waals surface area (Å²) < 4.78 is 15.7. The molecule has 0 fully saturated rings. The van der Waals surface area contributed by atoms with Crippen molar-refractivity contribution in [1.29, 1.82) is 0 Å². The average Bonchev–Trinajstić information content (AvgIpc) is 2.80. The van der Waals surface area contributed by atoms with Crippen molar-refractivity contribution in [2.45, 2.75) is 33.1 Å². The van der Waals surface area contributed by atoms with Crippen LogP contribution in [0.25, 0.3) is 22.7 Å². The Labute approximate surface area is 160 Å². The van der Waals surface area contributed by atoms with Crippen molar-refractivity contribution >= 4 is 22.7 Å². The Kier molecular flexibility index (Phi) is 4.88. The molecule has 2 heterocycles. The first-order valence-electron chi connectivity index (χ1n) is 9.84. The molecule has 1 aromatic heterocycles. The number of halogens is 1. The Morgan fingerprint density at radius 1 is 1.07 bits per heavy atom. The maximum absolute atomic E-state index is 13.4. The molecule has 0 radical (unpaired) electrons. The lowest BCUT2D eigenvalue weighted by Crippen LogP contribution is -2.21. The zero-order valence-corrected chi connectivity index (χ0v) is 16.4. The predicted octanol–water partition coefficient (Wildman–Crippen LogP) is 5.53. The number of benzene rings is 2. The Bertz CT molecular complexity index is 995. The summed E-state index contributed by atoms with van der Waals surface area (Å²) in [5.41, 5.74) is 7.82. The summed E-state index contributed by atoms with van der Waals surface area (Å²) in [4.78, 5) is 2.41. The average molecular weight is 362 g/mol. The Balaban J connectivity index is 1.91. The van der Waals surface area contributed by atoms with Crippen molar-refractivity contribution in [2.24, 2.45) is 0 Å². The zero-order valence-electron chi connectivity index (χ0n) is 16.4. The molecule has 0 bridgehead atoms. The van der Waals surface area contributed by atoms with Crippen LogP contribution in [0.1, 0.15) is 35.7 Å². The number of allylic oxidation sites excluding steroid dienone is 1. The van der Waals surface area contributed by atoms with Crippen molar-refractivity contribution in [3.05, 3.63) is 70.7 Å². The Hall–Kier alpha value is -2.39.